The Kier molecular flexibility index (Phi) is 3.74. The lowest BCUT2D eigenvalue weighted by atomic mass is 9.85. The van der Waals surface area contributed by atoms with Crippen LogP contribution in [0.3, 0.4) is 0 Å². The highest BCUT2D eigenvalue weighted by Crippen LogP contribution is 2.23. The first kappa shape index (κ1) is 12.0. The SMILES string of the molecule is CC(C)(CNC(N)=O)c1ccc(Br)cc1. The molecular formula is C11H15BrN2O. The fourth-order valence-electron chi connectivity index (χ4n) is 1.31. The predicted molar refractivity (Wildman–Crippen MR) is 64.8 cm³/mol. The van der Waals surface area contributed by atoms with Gasteiger partial charge in [0, 0.05) is 16.4 Å². The van der Waals surface area contributed by atoms with E-state index in [0.717, 1.165) is 4.47 Å². The zero-order valence-electron chi connectivity index (χ0n) is 8.88. The minimum absolute atomic E-state index is 0.115. The first-order valence-electron chi connectivity index (χ1n) is 4.71. The second-order valence-electron chi connectivity index (χ2n) is 4.11. The van der Waals surface area contributed by atoms with Crippen molar-refractivity contribution in [3.63, 3.8) is 0 Å². The number of amides is 2. The van der Waals surface area contributed by atoms with Crippen LogP contribution in [0.4, 0.5) is 4.79 Å². The normalized spacial score (nSPS) is 11.1. The molecule has 0 saturated carbocycles. The molecule has 0 aromatic heterocycles. The molecule has 3 nitrogen and oxygen atoms in total. The van der Waals surface area contributed by atoms with Crippen molar-refractivity contribution in [1.29, 1.82) is 0 Å². The summed E-state index contributed by atoms with van der Waals surface area (Å²) in [6, 6.07) is 7.56. The Labute approximate surface area is 98.2 Å². The van der Waals surface area contributed by atoms with Gasteiger partial charge >= 0.3 is 6.03 Å². The van der Waals surface area contributed by atoms with Crippen LogP contribution in [-0.4, -0.2) is 12.6 Å². The van der Waals surface area contributed by atoms with Crippen LogP contribution in [0, 0.1) is 0 Å². The fraction of sp³-hybridized carbons (Fsp3) is 0.364. The van der Waals surface area contributed by atoms with Gasteiger partial charge in [-0.1, -0.05) is 41.9 Å². The lowest BCUT2D eigenvalue weighted by Gasteiger charge is -2.25. The smallest absolute Gasteiger partial charge is 0.312 e. The highest BCUT2D eigenvalue weighted by atomic mass is 79.9. The summed E-state index contributed by atoms with van der Waals surface area (Å²) in [6.45, 7) is 4.66. The number of carbonyl (C=O) groups is 1. The first-order valence-corrected chi connectivity index (χ1v) is 5.50. The molecule has 0 spiro atoms. The van der Waals surface area contributed by atoms with Gasteiger partial charge in [-0.2, -0.15) is 0 Å². The van der Waals surface area contributed by atoms with Gasteiger partial charge < -0.3 is 11.1 Å². The minimum Gasteiger partial charge on any atom is -0.352 e. The van der Waals surface area contributed by atoms with Gasteiger partial charge in [-0.05, 0) is 17.7 Å². The quantitative estimate of drug-likeness (QED) is 0.871. The Morgan fingerprint density at radius 1 is 1.40 bits per heavy atom. The molecule has 0 unspecified atom stereocenters. The molecule has 1 rings (SSSR count). The molecule has 0 atom stereocenters. The van der Waals surface area contributed by atoms with Gasteiger partial charge in [0.15, 0.2) is 0 Å². The number of hydrogen-bond acceptors (Lipinski definition) is 1. The summed E-state index contributed by atoms with van der Waals surface area (Å²) in [5.41, 5.74) is 6.10. The molecule has 2 amide bonds. The maximum Gasteiger partial charge on any atom is 0.312 e. The number of carbonyl (C=O) groups excluding carboxylic acids is 1. The number of nitrogens with two attached hydrogens (primary N) is 1. The van der Waals surface area contributed by atoms with E-state index >= 15 is 0 Å². The zero-order chi connectivity index (χ0) is 11.5. The Hall–Kier alpha value is -1.03. The van der Waals surface area contributed by atoms with Crippen molar-refractivity contribution in [2.75, 3.05) is 6.54 Å². The number of primary amides is 1. The second-order valence-corrected chi connectivity index (χ2v) is 5.02. The third-order valence-electron chi connectivity index (χ3n) is 2.33. The van der Waals surface area contributed by atoms with Crippen LogP contribution in [0.1, 0.15) is 19.4 Å². The molecule has 82 valence electrons. The molecule has 0 saturated heterocycles. The number of nitrogens with one attached hydrogen (secondary N) is 1. The molecule has 0 aliphatic rings. The molecule has 0 aliphatic heterocycles. The average Bonchev–Trinajstić information content (AvgIpc) is 2.16. The Morgan fingerprint density at radius 3 is 2.40 bits per heavy atom. The van der Waals surface area contributed by atoms with Gasteiger partial charge in [0.25, 0.3) is 0 Å². The maximum absolute atomic E-state index is 10.6. The van der Waals surface area contributed by atoms with E-state index in [0.29, 0.717) is 6.54 Å². The van der Waals surface area contributed by atoms with Gasteiger partial charge in [0.1, 0.15) is 0 Å². The summed E-state index contributed by atoms with van der Waals surface area (Å²) in [4.78, 5) is 10.6. The second kappa shape index (κ2) is 4.66. The van der Waals surface area contributed by atoms with E-state index in [9.17, 15) is 4.79 Å². The molecule has 0 aliphatic carbocycles. The third-order valence-corrected chi connectivity index (χ3v) is 2.86. The maximum atomic E-state index is 10.6. The molecule has 4 heteroatoms. The number of urea groups is 1. The van der Waals surface area contributed by atoms with Crippen molar-refractivity contribution < 1.29 is 4.79 Å². The summed E-state index contributed by atoms with van der Waals surface area (Å²) < 4.78 is 1.05. The topological polar surface area (TPSA) is 55.1 Å². The average molecular weight is 271 g/mol. The van der Waals surface area contributed by atoms with Crippen molar-refractivity contribution >= 4 is 22.0 Å². The standard InChI is InChI=1S/C11H15BrN2O/c1-11(2,7-14-10(13)15)8-3-5-9(12)6-4-8/h3-6H,7H2,1-2H3,(H3,13,14,15). The van der Waals surface area contributed by atoms with Crippen LogP contribution < -0.4 is 11.1 Å². The van der Waals surface area contributed by atoms with Gasteiger partial charge in [0.2, 0.25) is 0 Å². The number of hydrogen-bond donors (Lipinski definition) is 2. The van der Waals surface area contributed by atoms with Crippen molar-refractivity contribution in [3.05, 3.63) is 34.3 Å². The van der Waals surface area contributed by atoms with Crippen LogP contribution in [0.5, 0.6) is 0 Å². The predicted octanol–water partition coefficient (Wildman–Crippen LogP) is 2.40. The molecule has 1 aromatic rings. The van der Waals surface area contributed by atoms with Gasteiger partial charge in [0.05, 0.1) is 0 Å². The number of benzene rings is 1. The van der Waals surface area contributed by atoms with Crippen LogP contribution in [0.2, 0.25) is 0 Å². The van der Waals surface area contributed by atoms with Crippen LogP contribution in [0.15, 0.2) is 28.7 Å². The van der Waals surface area contributed by atoms with Gasteiger partial charge in [-0.3, -0.25) is 0 Å². The van der Waals surface area contributed by atoms with Crippen LogP contribution in [-0.2, 0) is 5.41 Å². The van der Waals surface area contributed by atoms with E-state index in [4.69, 9.17) is 5.73 Å². The van der Waals surface area contributed by atoms with Crippen molar-refractivity contribution in [3.8, 4) is 0 Å². The molecule has 0 bridgehead atoms. The van der Waals surface area contributed by atoms with E-state index in [1.54, 1.807) is 0 Å². The molecule has 1 aromatic carbocycles. The highest BCUT2D eigenvalue weighted by Gasteiger charge is 2.20. The van der Waals surface area contributed by atoms with Gasteiger partial charge in [-0.15, -0.1) is 0 Å². The van der Waals surface area contributed by atoms with Crippen molar-refractivity contribution in [2.24, 2.45) is 5.73 Å². The summed E-state index contributed by atoms with van der Waals surface area (Å²) >= 11 is 3.38. The lowest BCUT2D eigenvalue weighted by molar-refractivity contribution is 0.246. The fourth-order valence-corrected chi connectivity index (χ4v) is 1.58. The van der Waals surface area contributed by atoms with E-state index in [1.807, 2.05) is 24.3 Å². The summed E-state index contributed by atoms with van der Waals surface area (Å²) in [5.74, 6) is 0. The monoisotopic (exact) mass is 270 g/mol. The lowest BCUT2D eigenvalue weighted by Crippen LogP contribution is -2.39. The van der Waals surface area contributed by atoms with E-state index in [-0.39, 0.29) is 5.41 Å². The van der Waals surface area contributed by atoms with Crippen molar-refractivity contribution in [2.45, 2.75) is 19.3 Å². The largest absolute Gasteiger partial charge is 0.352 e. The molecule has 0 fully saturated rings. The summed E-state index contributed by atoms with van der Waals surface area (Å²) in [5, 5.41) is 2.63. The highest BCUT2D eigenvalue weighted by molar-refractivity contribution is 9.10. The zero-order valence-corrected chi connectivity index (χ0v) is 10.5. The first-order chi connectivity index (χ1) is 6.92. The van der Waals surface area contributed by atoms with Gasteiger partial charge in [-0.25, -0.2) is 4.79 Å². The molecular weight excluding hydrogens is 256 g/mol. The molecule has 3 N–H and O–H groups in total. The molecule has 15 heavy (non-hydrogen) atoms. The Balaban J connectivity index is 2.76. The summed E-state index contributed by atoms with van der Waals surface area (Å²) in [7, 11) is 0. The molecule has 0 heterocycles. The number of halogens is 1. The molecule has 0 radical (unpaired) electrons. The van der Waals surface area contributed by atoms with E-state index < -0.39 is 6.03 Å². The van der Waals surface area contributed by atoms with Crippen molar-refractivity contribution in [1.82, 2.24) is 5.32 Å². The van der Waals surface area contributed by atoms with E-state index in [1.165, 1.54) is 5.56 Å². The Bertz CT molecular complexity index is 346. The third kappa shape index (κ3) is 3.55. The summed E-state index contributed by atoms with van der Waals surface area (Å²) in [6.07, 6.45) is 0. The number of rotatable bonds is 3. The van der Waals surface area contributed by atoms with Crippen LogP contribution >= 0.6 is 15.9 Å². The Morgan fingerprint density at radius 2 is 1.93 bits per heavy atom. The minimum atomic E-state index is -0.486. The van der Waals surface area contributed by atoms with E-state index in [2.05, 4.69) is 35.1 Å². The van der Waals surface area contributed by atoms with Crippen LogP contribution in [0.25, 0.3) is 0 Å².